The van der Waals surface area contributed by atoms with Gasteiger partial charge in [-0.3, -0.25) is 4.99 Å². The minimum Gasteiger partial charge on any atom is -0.491 e. The summed E-state index contributed by atoms with van der Waals surface area (Å²) in [6, 6.07) is 18.5. The van der Waals surface area contributed by atoms with Crippen molar-refractivity contribution in [1.29, 1.82) is 10.5 Å². The first kappa shape index (κ1) is 27.5. The van der Waals surface area contributed by atoms with Crippen molar-refractivity contribution in [2.24, 2.45) is 4.99 Å². The van der Waals surface area contributed by atoms with Gasteiger partial charge in [0.25, 0.3) is 0 Å². The molecule has 1 heterocycles. The van der Waals surface area contributed by atoms with Crippen LogP contribution in [0.1, 0.15) is 10.4 Å². The van der Waals surface area contributed by atoms with Gasteiger partial charge in [-0.2, -0.15) is 10.5 Å². The number of rotatable bonds is 10. The number of alkyl halides is 1. The van der Waals surface area contributed by atoms with Gasteiger partial charge in [-0.15, -0.1) is 22.9 Å². The first-order valence-corrected chi connectivity index (χ1v) is 13.2. The molecule has 3 aromatic rings. The smallest absolute Gasteiger partial charge is 0.123 e. The third kappa shape index (κ3) is 7.20. The van der Waals surface area contributed by atoms with Crippen molar-refractivity contribution in [3.05, 3.63) is 87.9 Å². The van der Waals surface area contributed by atoms with E-state index in [4.69, 9.17) is 33.0 Å². The van der Waals surface area contributed by atoms with E-state index in [1.807, 2.05) is 30.3 Å². The van der Waals surface area contributed by atoms with Crippen molar-refractivity contribution in [3.8, 4) is 28.5 Å². The topological polar surface area (TPSA) is 102 Å². The standard InChI is InChI=1S/C26H20Cl2N4O2S2/c1-17(12-29)24(18-4-8-21(9-5-18)34-11-10-33)23(13-30)26(32-16-27)35-15-22-14-31-25(36-22)19-2-6-20(28)7-3-19/h2-9,14,33H,1,10-11,15-16H2/b24-23+,32-26+. The van der Waals surface area contributed by atoms with Crippen LogP contribution in [0.25, 0.3) is 16.1 Å². The summed E-state index contributed by atoms with van der Waals surface area (Å²) in [5.41, 5.74) is 2.28. The van der Waals surface area contributed by atoms with E-state index in [0.717, 1.165) is 15.4 Å². The number of benzene rings is 2. The highest BCUT2D eigenvalue weighted by atomic mass is 35.5. The number of nitrogens with zero attached hydrogens (tertiary/aromatic N) is 4. The van der Waals surface area contributed by atoms with Crippen LogP contribution in [-0.2, 0) is 5.75 Å². The minimum absolute atomic E-state index is 0.0491. The highest BCUT2D eigenvalue weighted by Gasteiger charge is 2.19. The maximum Gasteiger partial charge on any atom is 0.123 e. The molecule has 0 aliphatic rings. The van der Waals surface area contributed by atoms with E-state index in [1.54, 1.807) is 30.5 Å². The van der Waals surface area contributed by atoms with E-state index in [0.29, 0.717) is 32.7 Å². The number of allylic oxidation sites excluding steroid dienone is 2. The molecule has 0 unspecified atom stereocenters. The summed E-state index contributed by atoms with van der Waals surface area (Å²) in [5.74, 6) is 1.06. The van der Waals surface area contributed by atoms with Crippen molar-refractivity contribution >= 4 is 56.9 Å². The lowest BCUT2D eigenvalue weighted by Crippen LogP contribution is -2.04. The number of aliphatic hydroxyl groups excluding tert-OH is 1. The van der Waals surface area contributed by atoms with Gasteiger partial charge in [0.05, 0.1) is 23.8 Å². The SMILES string of the molecule is C=C(C#N)/C(=C(C#N)\C(=N/CCl)SCc1cnc(-c2ccc(Cl)cc2)s1)c1ccc(OCCO)cc1. The number of aromatic nitrogens is 1. The number of aliphatic imine (C=N–C) groups is 1. The Morgan fingerprint density at radius 2 is 1.86 bits per heavy atom. The molecule has 0 aliphatic carbocycles. The van der Waals surface area contributed by atoms with Crippen molar-refractivity contribution in [2.45, 2.75) is 5.75 Å². The Labute approximate surface area is 227 Å². The van der Waals surface area contributed by atoms with Crippen LogP contribution < -0.4 is 4.74 Å². The zero-order chi connectivity index (χ0) is 25.9. The van der Waals surface area contributed by atoms with E-state index >= 15 is 0 Å². The summed E-state index contributed by atoms with van der Waals surface area (Å²) >= 11 is 14.8. The molecule has 0 spiro atoms. The summed E-state index contributed by atoms with van der Waals surface area (Å²) in [4.78, 5) is 9.81. The summed E-state index contributed by atoms with van der Waals surface area (Å²) in [6.45, 7) is 3.91. The maximum absolute atomic E-state index is 10.1. The van der Waals surface area contributed by atoms with Gasteiger partial charge in [-0.1, -0.05) is 54.2 Å². The third-order valence-corrected chi connectivity index (χ3v) is 7.38. The molecule has 36 heavy (non-hydrogen) atoms. The third-order valence-electron chi connectivity index (χ3n) is 4.71. The van der Waals surface area contributed by atoms with Crippen LogP contribution in [0.4, 0.5) is 0 Å². The Kier molecular flexibility index (Phi) is 10.6. The maximum atomic E-state index is 10.1. The zero-order valence-corrected chi connectivity index (χ0v) is 22.1. The summed E-state index contributed by atoms with van der Waals surface area (Å²) < 4.78 is 5.40. The molecule has 0 amide bonds. The van der Waals surface area contributed by atoms with E-state index in [2.05, 4.69) is 22.6 Å². The highest BCUT2D eigenvalue weighted by molar-refractivity contribution is 8.13. The van der Waals surface area contributed by atoms with Gasteiger partial charge in [0, 0.05) is 33.0 Å². The zero-order valence-electron chi connectivity index (χ0n) is 18.9. The van der Waals surface area contributed by atoms with Gasteiger partial charge in [0.2, 0.25) is 0 Å². The fraction of sp³-hybridized carbons (Fsp3) is 0.154. The molecule has 0 fully saturated rings. The van der Waals surface area contributed by atoms with E-state index in [9.17, 15) is 10.5 Å². The Morgan fingerprint density at radius 1 is 1.14 bits per heavy atom. The molecule has 1 aromatic heterocycles. The molecule has 0 saturated carbocycles. The number of nitriles is 2. The molecule has 0 atom stereocenters. The van der Waals surface area contributed by atoms with Gasteiger partial charge in [-0.25, -0.2) is 4.98 Å². The minimum atomic E-state index is -0.104. The normalized spacial score (nSPS) is 11.9. The van der Waals surface area contributed by atoms with Gasteiger partial charge in [0.1, 0.15) is 34.5 Å². The lowest BCUT2D eigenvalue weighted by atomic mass is 9.95. The van der Waals surface area contributed by atoms with Gasteiger partial charge in [-0.05, 0) is 29.8 Å². The van der Waals surface area contributed by atoms with Crippen LogP contribution in [0.15, 0.2) is 77.4 Å². The van der Waals surface area contributed by atoms with Crippen LogP contribution in [0, 0.1) is 22.7 Å². The van der Waals surface area contributed by atoms with E-state index < -0.39 is 0 Å². The Bertz CT molecular complexity index is 1350. The van der Waals surface area contributed by atoms with E-state index in [1.165, 1.54) is 23.1 Å². The van der Waals surface area contributed by atoms with Crippen molar-refractivity contribution < 1.29 is 9.84 Å². The van der Waals surface area contributed by atoms with Crippen LogP contribution in [-0.4, -0.2) is 34.4 Å². The monoisotopic (exact) mass is 554 g/mol. The second-order valence-corrected chi connectivity index (χ2v) is 9.81. The summed E-state index contributed by atoms with van der Waals surface area (Å²) in [6.07, 6.45) is 1.79. The average molecular weight is 556 g/mol. The molecule has 0 radical (unpaired) electrons. The fourth-order valence-corrected chi connectivity index (χ4v) is 5.35. The van der Waals surface area contributed by atoms with Gasteiger partial charge < -0.3 is 9.84 Å². The molecule has 0 saturated heterocycles. The molecule has 10 heteroatoms. The predicted molar refractivity (Wildman–Crippen MR) is 148 cm³/mol. The number of thiazole rings is 1. The van der Waals surface area contributed by atoms with Crippen molar-refractivity contribution in [2.75, 3.05) is 19.2 Å². The number of halogens is 2. The number of hydrogen-bond acceptors (Lipinski definition) is 8. The Morgan fingerprint density at radius 3 is 2.47 bits per heavy atom. The molecule has 2 aromatic carbocycles. The first-order chi connectivity index (χ1) is 17.5. The fourth-order valence-electron chi connectivity index (χ4n) is 3.11. The number of ether oxygens (including phenoxy) is 1. The van der Waals surface area contributed by atoms with Gasteiger partial charge in [0.15, 0.2) is 0 Å². The van der Waals surface area contributed by atoms with Crippen molar-refractivity contribution in [3.63, 3.8) is 0 Å². The van der Waals surface area contributed by atoms with Crippen LogP contribution >= 0.6 is 46.3 Å². The summed E-state index contributed by atoms with van der Waals surface area (Å²) in [7, 11) is 0. The number of hydrogen-bond donors (Lipinski definition) is 1. The number of aliphatic hydroxyl groups is 1. The highest BCUT2D eigenvalue weighted by Crippen LogP contribution is 2.33. The summed E-state index contributed by atoms with van der Waals surface area (Å²) in [5, 5.41) is 30.5. The Hall–Kier alpha value is -3.11. The quantitative estimate of drug-likeness (QED) is 0.0744. The molecular weight excluding hydrogens is 535 g/mol. The molecular formula is C26H20Cl2N4O2S2. The Balaban J connectivity index is 1.90. The molecule has 182 valence electrons. The lowest BCUT2D eigenvalue weighted by molar-refractivity contribution is 0.201. The largest absolute Gasteiger partial charge is 0.491 e. The van der Waals surface area contributed by atoms with Crippen LogP contribution in [0.5, 0.6) is 5.75 Å². The second-order valence-electron chi connectivity index (χ2n) is 7.06. The lowest BCUT2D eigenvalue weighted by Gasteiger charge is -2.12. The molecule has 1 N–H and O–H groups in total. The molecule has 0 bridgehead atoms. The number of thioether (sulfide) groups is 1. The average Bonchev–Trinajstić information content (AvgIpc) is 3.38. The van der Waals surface area contributed by atoms with Crippen LogP contribution in [0.3, 0.4) is 0 Å². The second kappa shape index (κ2) is 13.8. The van der Waals surface area contributed by atoms with Crippen LogP contribution in [0.2, 0.25) is 5.02 Å². The molecule has 0 aliphatic heterocycles. The van der Waals surface area contributed by atoms with Crippen molar-refractivity contribution in [1.82, 2.24) is 4.98 Å². The van der Waals surface area contributed by atoms with Gasteiger partial charge >= 0.3 is 0 Å². The first-order valence-electron chi connectivity index (χ1n) is 10.5. The predicted octanol–water partition coefficient (Wildman–Crippen LogP) is 6.72. The molecule has 6 nitrogen and oxygen atoms in total. The van der Waals surface area contributed by atoms with E-state index in [-0.39, 0.29) is 30.4 Å². The molecule has 3 rings (SSSR count).